The van der Waals surface area contributed by atoms with Crippen LogP contribution in [0.25, 0.3) is 16.8 Å². The number of nitrogens with zero attached hydrogens (tertiary/aromatic N) is 1. The summed E-state index contributed by atoms with van der Waals surface area (Å²) >= 11 is 0. The average molecular weight is 558 g/mol. The van der Waals surface area contributed by atoms with Gasteiger partial charge in [-0.15, -0.1) is 0 Å². The zero-order chi connectivity index (χ0) is 28.4. The molecule has 2 aliphatic heterocycles. The van der Waals surface area contributed by atoms with Crippen LogP contribution in [-0.4, -0.2) is 61.9 Å². The lowest BCUT2D eigenvalue weighted by Gasteiger charge is -2.34. The molecule has 3 aromatic rings. The average Bonchev–Trinajstić information content (AvgIpc) is 3.03. The topological polar surface area (TPSA) is 89.1 Å². The van der Waals surface area contributed by atoms with E-state index in [4.69, 9.17) is 14.3 Å². The van der Waals surface area contributed by atoms with Crippen molar-refractivity contribution in [1.82, 2.24) is 15.7 Å². The Kier molecular flexibility index (Phi) is 10.0. The van der Waals surface area contributed by atoms with Crippen LogP contribution in [0.5, 0.6) is 5.75 Å². The van der Waals surface area contributed by atoms with Crippen LogP contribution >= 0.6 is 0 Å². The van der Waals surface area contributed by atoms with Crippen LogP contribution in [0.2, 0.25) is 0 Å². The fourth-order valence-corrected chi connectivity index (χ4v) is 5.43. The zero-order valence-corrected chi connectivity index (χ0v) is 23.6. The van der Waals surface area contributed by atoms with E-state index in [2.05, 4.69) is 10.8 Å². The molecule has 0 radical (unpaired) electrons. The van der Waals surface area contributed by atoms with Crippen molar-refractivity contribution in [2.45, 2.75) is 51.4 Å². The number of hydrogen-bond acceptors (Lipinski definition) is 6. The molecule has 216 valence electrons. The number of carbonyl (C=O) groups excluding carboxylic acids is 2. The molecule has 0 aliphatic carbocycles. The number of amides is 2. The molecule has 3 aromatic carbocycles. The highest BCUT2D eigenvalue weighted by atomic mass is 16.8. The highest BCUT2D eigenvalue weighted by molar-refractivity contribution is 5.99. The summed E-state index contributed by atoms with van der Waals surface area (Å²) in [5, 5.41) is 5.47. The minimum absolute atomic E-state index is 0.0256. The van der Waals surface area contributed by atoms with Gasteiger partial charge >= 0.3 is 0 Å². The van der Waals surface area contributed by atoms with Crippen LogP contribution in [0, 0.1) is 0 Å². The summed E-state index contributed by atoms with van der Waals surface area (Å²) in [6, 6.07) is 21.3. The lowest BCUT2D eigenvalue weighted by atomic mass is 10.0. The fourth-order valence-electron chi connectivity index (χ4n) is 5.43. The maximum atomic E-state index is 13.9. The Morgan fingerprint density at radius 1 is 1.00 bits per heavy atom. The van der Waals surface area contributed by atoms with Gasteiger partial charge in [-0.2, -0.15) is 0 Å². The Morgan fingerprint density at radius 3 is 2.54 bits per heavy atom. The van der Waals surface area contributed by atoms with Crippen LogP contribution in [-0.2, 0) is 14.4 Å². The van der Waals surface area contributed by atoms with Crippen LogP contribution in [0.3, 0.4) is 0 Å². The molecule has 41 heavy (non-hydrogen) atoms. The van der Waals surface area contributed by atoms with Gasteiger partial charge in [0.2, 0.25) is 0 Å². The Bertz CT molecular complexity index is 1340. The summed E-state index contributed by atoms with van der Waals surface area (Å²) in [7, 11) is 0. The van der Waals surface area contributed by atoms with Crippen molar-refractivity contribution in [2.75, 3.05) is 32.8 Å². The van der Waals surface area contributed by atoms with E-state index < -0.39 is 6.29 Å². The predicted molar refractivity (Wildman–Crippen MR) is 159 cm³/mol. The minimum atomic E-state index is -0.410. The van der Waals surface area contributed by atoms with Gasteiger partial charge in [0.15, 0.2) is 6.29 Å². The molecular formula is C33H39N3O5. The van der Waals surface area contributed by atoms with Gasteiger partial charge in [0.1, 0.15) is 12.4 Å². The molecule has 8 nitrogen and oxygen atoms in total. The maximum absolute atomic E-state index is 13.9. The minimum Gasteiger partial charge on any atom is -0.488 e. The van der Waals surface area contributed by atoms with E-state index in [1.807, 2.05) is 72.5 Å². The number of piperidine rings is 1. The summed E-state index contributed by atoms with van der Waals surface area (Å²) in [5.41, 5.74) is 4.33. The summed E-state index contributed by atoms with van der Waals surface area (Å²) in [5.74, 6) is 0.372. The third-order valence-electron chi connectivity index (χ3n) is 7.69. The van der Waals surface area contributed by atoms with Crippen molar-refractivity contribution in [3.8, 4) is 5.75 Å². The quantitative estimate of drug-likeness (QED) is 0.267. The van der Waals surface area contributed by atoms with Crippen LogP contribution in [0.1, 0.15) is 54.9 Å². The number of fused-ring (bicyclic) bond motifs is 1. The Hall–Kier alpha value is -3.72. The number of carbonyl (C=O) groups is 2. The summed E-state index contributed by atoms with van der Waals surface area (Å²) in [4.78, 5) is 33.9. The second-order valence-electron chi connectivity index (χ2n) is 10.5. The van der Waals surface area contributed by atoms with Gasteiger partial charge in [0.05, 0.1) is 5.57 Å². The SMILES string of the molecule is CCN(C(=O)/C(=C/c1ccc(C(=O)NOC2CCCCO2)cc1)COc1cccc2ccccc12)C1CCNCC1. The highest BCUT2D eigenvalue weighted by Crippen LogP contribution is 2.26. The standard InChI is InChI=1S/C33H39N3O5/c1-2-36(28-17-19-34-20-18-28)33(38)27(23-40-30-11-7-9-25-8-3-4-10-29(25)30)22-24-13-15-26(16-14-24)32(37)35-41-31-12-5-6-21-39-31/h3-4,7-11,13-16,22,28,31,34H,2,5-6,12,17-21,23H2,1H3,(H,35,37)/b27-22+. The molecule has 1 atom stereocenters. The van der Waals surface area contributed by atoms with Gasteiger partial charge in [-0.3, -0.25) is 9.59 Å². The molecule has 1 unspecified atom stereocenters. The van der Waals surface area contributed by atoms with Crippen LogP contribution in [0.4, 0.5) is 0 Å². The number of hydrogen-bond donors (Lipinski definition) is 2. The van der Waals surface area contributed by atoms with E-state index in [0.717, 1.165) is 67.3 Å². The molecule has 2 N–H and O–H groups in total. The second kappa shape index (κ2) is 14.3. The van der Waals surface area contributed by atoms with Crippen molar-refractivity contribution in [3.05, 3.63) is 83.4 Å². The molecule has 8 heteroatoms. The maximum Gasteiger partial charge on any atom is 0.274 e. The fraction of sp³-hybridized carbons (Fsp3) is 0.394. The predicted octanol–water partition coefficient (Wildman–Crippen LogP) is 5.09. The molecule has 2 saturated heterocycles. The number of ether oxygens (including phenoxy) is 2. The molecule has 0 saturated carbocycles. The molecule has 2 heterocycles. The third kappa shape index (κ3) is 7.52. The highest BCUT2D eigenvalue weighted by Gasteiger charge is 2.27. The van der Waals surface area contributed by atoms with E-state index in [0.29, 0.717) is 24.3 Å². The first-order chi connectivity index (χ1) is 20.1. The first-order valence-electron chi connectivity index (χ1n) is 14.6. The van der Waals surface area contributed by atoms with Gasteiger partial charge in [-0.05, 0) is 80.9 Å². The summed E-state index contributed by atoms with van der Waals surface area (Å²) in [6.07, 6.45) is 6.09. The van der Waals surface area contributed by atoms with Crippen molar-refractivity contribution in [2.24, 2.45) is 0 Å². The molecule has 5 rings (SSSR count). The Balaban J connectivity index is 1.34. The Labute approximate surface area is 241 Å². The Morgan fingerprint density at radius 2 is 1.78 bits per heavy atom. The van der Waals surface area contributed by atoms with Gasteiger partial charge in [-0.25, -0.2) is 10.3 Å². The third-order valence-corrected chi connectivity index (χ3v) is 7.69. The number of nitrogens with one attached hydrogen (secondary N) is 2. The molecule has 2 fully saturated rings. The van der Waals surface area contributed by atoms with Gasteiger partial charge in [0, 0.05) is 36.6 Å². The lowest BCUT2D eigenvalue weighted by Crippen LogP contribution is -2.47. The normalized spacial score (nSPS) is 18.2. The number of benzene rings is 3. The lowest BCUT2D eigenvalue weighted by molar-refractivity contribution is -0.186. The monoisotopic (exact) mass is 557 g/mol. The molecule has 2 amide bonds. The van der Waals surface area contributed by atoms with Crippen LogP contribution in [0.15, 0.2) is 72.3 Å². The van der Waals surface area contributed by atoms with Crippen molar-refractivity contribution >= 4 is 28.7 Å². The molecule has 2 aliphatic rings. The van der Waals surface area contributed by atoms with Crippen LogP contribution < -0.4 is 15.5 Å². The van der Waals surface area contributed by atoms with E-state index in [-0.39, 0.29) is 24.5 Å². The van der Waals surface area contributed by atoms with Crippen molar-refractivity contribution in [3.63, 3.8) is 0 Å². The first kappa shape index (κ1) is 28.8. The molecule has 0 aromatic heterocycles. The number of hydroxylamine groups is 1. The number of rotatable bonds is 10. The summed E-state index contributed by atoms with van der Waals surface area (Å²) < 4.78 is 11.8. The van der Waals surface area contributed by atoms with Gasteiger partial charge in [0.25, 0.3) is 11.8 Å². The smallest absolute Gasteiger partial charge is 0.274 e. The van der Waals surface area contributed by atoms with E-state index in [1.165, 1.54) is 0 Å². The second-order valence-corrected chi connectivity index (χ2v) is 10.5. The van der Waals surface area contributed by atoms with Gasteiger partial charge < -0.3 is 19.7 Å². The molecular weight excluding hydrogens is 518 g/mol. The molecule has 0 spiro atoms. The van der Waals surface area contributed by atoms with Crippen molar-refractivity contribution < 1.29 is 23.9 Å². The first-order valence-corrected chi connectivity index (χ1v) is 14.6. The largest absolute Gasteiger partial charge is 0.488 e. The van der Waals surface area contributed by atoms with Crippen molar-refractivity contribution in [1.29, 1.82) is 0 Å². The van der Waals surface area contributed by atoms with Gasteiger partial charge in [-0.1, -0.05) is 48.5 Å². The van der Waals surface area contributed by atoms with E-state index in [9.17, 15) is 9.59 Å². The zero-order valence-electron chi connectivity index (χ0n) is 23.6. The van der Waals surface area contributed by atoms with E-state index in [1.54, 1.807) is 12.1 Å². The summed E-state index contributed by atoms with van der Waals surface area (Å²) in [6.45, 7) is 5.22. The number of likely N-dealkylation sites (N-methyl/N-ethyl adjacent to an activating group) is 1. The van der Waals surface area contributed by atoms with E-state index >= 15 is 0 Å². The molecule has 0 bridgehead atoms.